The van der Waals surface area contributed by atoms with Gasteiger partial charge in [-0.2, -0.15) is 4.65 Å². The molecule has 9 heteroatoms. The van der Waals surface area contributed by atoms with Crippen LogP contribution in [0.25, 0.3) is 0 Å². The number of nitrogens with one attached hydrogen (secondary N) is 1. The third-order valence-electron chi connectivity index (χ3n) is 6.28. The van der Waals surface area contributed by atoms with E-state index in [1.54, 1.807) is 0 Å². The van der Waals surface area contributed by atoms with Gasteiger partial charge < -0.3 is 26.6 Å². The molecule has 0 aliphatic carbocycles. The largest absolute Gasteiger partial charge is 0.805 e. The fraction of sp³-hybridized carbons (Fsp3) is 0. The van der Waals surface area contributed by atoms with Crippen LogP contribution in [0.5, 0.6) is 34.5 Å². The minimum absolute atomic E-state index is 0.519. The number of para-hydroxylation sites is 6. The molecule has 7 nitrogen and oxygen atoms in total. The lowest BCUT2D eigenvalue weighted by Crippen LogP contribution is -2.81. The summed E-state index contributed by atoms with van der Waals surface area (Å²) in [5, 5.41) is 0. The standard InChI is InChI=1S/C36H31NO6Si2/c1-7-19-31(20-8-1)38-44(39-32-21-9-2-10-22-32,40-33-23-11-3-12-24-33)37-45(41-34-25-13-4-14-26-34,42-35-27-15-5-16-28-35)43-36-29-17-6-18-30-36/h1-30,37H. The van der Waals surface area contributed by atoms with Crippen molar-refractivity contribution >= 4 is 17.9 Å². The van der Waals surface area contributed by atoms with Gasteiger partial charge in [-0.25, -0.2) is 0 Å². The topological polar surface area (TPSA) is 67.4 Å². The van der Waals surface area contributed by atoms with Crippen LogP contribution in [0, 0.1) is 0 Å². The van der Waals surface area contributed by atoms with Crippen LogP contribution >= 0.6 is 0 Å². The zero-order valence-corrected chi connectivity index (χ0v) is 26.3. The molecule has 6 rings (SSSR count). The van der Waals surface area contributed by atoms with Crippen molar-refractivity contribution in [2.24, 2.45) is 0 Å². The molecule has 0 heterocycles. The highest BCUT2D eigenvalue weighted by molar-refractivity contribution is 6.77. The molecule has 0 aromatic heterocycles. The molecule has 0 aliphatic heterocycles. The van der Waals surface area contributed by atoms with Gasteiger partial charge in [0.15, 0.2) is 0 Å². The highest BCUT2D eigenvalue weighted by Crippen LogP contribution is 2.28. The monoisotopic (exact) mass is 629 g/mol. The van der Waals surface area contributed by atoms with Crippen LogP contribution in [0.1, 0.15) is 0 Å². The Kier molecular flexibility index (Phi) is 9.42. The highest BCUT2D eigenvalue weighted by Gasteiger charge is 2.67. The van der Waals surface area contributed by atoms with Crippen molar-refractivity contribution < 1.29 is 26.6 Å². The average Bonchev–Trinajstić information content (AvgIpc) is 3.07. The summed E-state index contributed by atoms with van der Waals surface area (Å²) in [6, 6.07) is 56.1. The van der Waals surface area contributed by atoms with Crippen LogP contribution in [0.4, 0.5) is 0 Å². The van der Waals surface area contributed by atoms with E-state index in [9.17, 15) is 0 Å². The lowest BCUT2D eigenvalue weighted by molar-refractivity contribution is 0.209. The Hall–Kier alpha value is -5.49. The number of rotatable bonds is 14. The van der Waals surface area contributed by atoms with E-state index in [0.29, 0.717) is 34.5 Å². The van der Waals surface area contributed by atoms with Crippen LogP contribution in [-0.2, 0) is 0 Å². The first-order valence-corrected chi connectivity index (χ1v) is 17.9. The Bertz CT molecular complexity index is 1390. The molecule has 0 unspecified atom stereocenters. The van der Waals surface area contributed by atoms with Gasteiger partial charge in [-0.05, 0) is 72.8 Å². The molecule has 0 saturated heterocycles. The first-order chi connectivity index (χ1) is 22.2. The van der Waals surface area contributed by atoms with E-state index >= 15 is 0 Å². The molecule has 0 fully saturated rings. The van der Waals surface area contributed by atoms with Gasteiger partial charge in [0.25, 0.3) is 0 Å². The van der Waals surface area contributed by atoms with Crippen LogP contribution in [0.15, 0.2) is 182 Å². The zero-order valence-electron chi connectivity index (χ0n) is 24.3. The number of hydrogen-bond acceptors (Lipinski definition) is 7. The third-order valence-corrected chi connectivity index (χ3v) is 11.8. The van der Waals surface area contributed by atoms with E-state index in [1.165, 1.54) is 0 Å². The fourth-order valence-corrected chi connectivity index (χ4v) is 9.98. The Balaban J connectivity index is 1.53. The second kappa shape index (κ2) is 14.3. The maximum absolute atomic E-state index is 6.76. The van der Waals surface area contributed by atoms with E-state index in [0.717, 1.165) is 0 Å². The lowest BCUT2D eigenvalue weighted by atomic mass is 10.3. The van der Waals surface area contributed by atoms with E-state index in [-0.39, 0.29) is 0 Å². The van der Waals surface area contributed by atoms with Crippen molar-refractivity contribution in [2.75, 3.05) is 0 Å². The first kappa shape index (κ1) is 29.6. The van der Waals surface area contributed by atoms with Gasteiger partial charge in [0, 0.05) is 0 Å². The maximum Gasteiger partial charge on any atom is 0.805 e. The number of benzene rings is 6. The number of hydrogen-bond donors (Lipinski definition) is 1. The third kappa shape index (κ3) is 8.33. The van der Waals surface area contributed by atoms with E-state index in [2.05, 4.69) is 4.65 Å². The molecule has 1 N–H and O–H groups in total. The lowest BCUT2D eigenvalue weighted by Gasteiger charge is -2.36. The molecule has 0 spiro atoms. The fourth-order valence-electron chi connectivity index (χ4n) is 4.33. The minimum atomic E-state index is -4.18. The normalized spacial score (nSPS) is 11.2. The predicted octanol–water partition coefficient (Wildman–Crippen LogP) is 7.92. The molecule has 6 aromatic carbocycles. The van der Waals surface area contributed by atoms with Crippen molar-refractivity contribution in [3.05, 3.63) is 182 Å². The van der Waals surface area contributed by atoms with Crippen LogP contribution in [-0.4, -0.2) is 17.9 Å². The Morgan fingerprint density at radius 3 is 0.556 bits per heavy atom. The Morgan fingerprint density at radius 1 is 0.244 bits per heavy atom. The van der Waals surface area contributed by atoms with Gasteiger partial charge in [0.1, 0.15) is 34.5 Å². The smallest absolute Gasteiger partial charge is 0.472 e. The summed E-state index contributed by atoms with van der Waals surface area (Å²) in [5.41, 5.74) is 0. The van der Waals surface area contributed by atoms with Gasteiger partial charge >= 0.3 is 17.9 Å². The average molecular weight is 630 g/mol. The SMILES string of the molecule is c1ccc(O[Si](N[Si](Oc2ccccc2)(Oc2ccccc2)Oc2ccccc2)(Oc2ccccc2)Oc2ccccc2)cc1. The molecular weight excluding hydrogens is 599 g/mol. The molecule has 224 valence electrons. The molecule has 6 aromatic rings. The van der Waals surface area contributed by atoms with Crippen molar-refractivity contribution in [3.8, 4) is 34.5 Å². The summed E-state index contributed by atoms with van der Waals surface area (Å²) in [6.45, 7) is 0. The highest BCUT2D eigenvalue weighted by atomic mass is 28.5. The summed E-state index contributed by atoms with van der Waals surface area (Å²) in [5.74, 6) is 3.11. The first-order valence-electron chi connectivity index (χ1n) is 14.4. The van der Waals surface area contributed by atoms with Crippen LogP contribution in [0.2, 0.25) is 0 Å². The van der Waals surface area contributed by atoms with Crippen LogP contribution in [0.3, 0.4) is 0 Å². The van der Waals surface area contributed by atoms with Crippen LogP contribution < -0.4 is 31.2 Å². The summed E-state index contributed by atoms with van der Waals surface area (Å²) in [6.07, 6.45) is 0. The van der Waals surface area contributed by atoms with Crippen molar-refractivity contribution in [2.45, 2.75) is 0 Å². The molecule has 0 atom stereocenters. The van der Waals surface area contributed by atoms with Gasteiger partial charge in [0.2, 0.25) is 0 Å². The molecule has 0 aliphatic rings. The van der Waals surface area contributed by atoms with E-state index < -0.39 is 17.9 Å². The molecule has 0 bridgehead atoms. The molecule has 0 saturated carbocycles. The summed E-state index contributed by atoms with van der Waals surface area (Å²) in [4.78, 5) is 0. The maximum atomic E-state index is 6.76. The second-order valence-electron chi connectivity index (χ2n) is 9.73. The van der Waals surface area contributed by atoms with Gasteiger partial charge in [-0.3, -0.25) is 0 Å². The van der Waals surface area contributed by atoms with Crippen molar-refractivity contribution in [3.63, 3.8) is 0 Å². The quantitative estimate of drug-likeness (QED) is 0.123. The molecule has 0 amide bonds. The predicted molar refractivity (Wildman–Crippen MR) is 177 cm³/mol. The van der Waals surface area contributed by atoms with Crippen molar-refractivity contribution in [1.82, 2.24) is 4.65 Å². The molecular formula is C36H31NO6Si2. The minimum Gasteiger partial charge on any atom is -0.472 e. The Labute approximate surface area is 265 Å². The van der Waals surface area contributed by atoms with Gasteiger partial charge in [-0.15, -0.1) is 0 Å². The Morgan fingerprint density at radius 2 is 0.400 bits per heavy atom. The molecule has 45 heavy (non-hydrogen) atoms. The van der Waals surface area contributed by atoms with Gasteiger partial charge in [-0.1, -0.05) is 109 Å². The van der Waals surface area contributed by atoms with Crippen molar-refractivity contribution in [1.29, 1.82) is 0 Å². The summed E-state index contributed by atoms with van der Waals surface area (Å²) in [7, 11) is -8.36. The van der Waals surface area contributed by atoms with E-state index in [1.807, 2.05) is 182 Å². The molecule has 0 radical (unpaired) electrons. The van der Waals surface area contributed by atoms with Gasteiger partial charge in [0.05, 0.1) is 0 Å². The second-order valence-corrected chi connectivity index (χ2v) is 14.2. The van der Waals surface area contributed by atoms with E-state index in [4.69, 9.17) is 26.6 Å². The zero-order chi connectivity index (χ0) is 30.6. The summed E-state index contributed by atoms with van der Waals surface area (Å²) >= 11 is 0. The summed E-state index contributed by atoms with van der Waals surface area (Å²) < 4.78 is 44.1.